The maximum Gasteiger partial charge on any atom is 0.291 e. The number of benzene rings is 3. The van der Waals surface area contributed by atoms with Gasteiger partial charge in [-0.2, -0.15) is 0 Å². The molecule has 9 heteroatoms. The van der Waals surface area contributed by atoms with Gasteiger partial charge in [-0.1, -0.05) is 37.1 Å². The Morgan fingerprint density at radius 2 is 1.85 bits per heavy atom. The smallest absolute Gasteiger partial charge is 0.291 e. The summed E-state index contributed by atoms with van der Waals surface area (Å²) in [5.41, 5.74) is 1.77. The molecule has 8 nitrogen and oxygen atoms in total. The highest BCUT2D eigenvalue weighted by Gasteiger charge is 2.43. The fraction of sp³-hybridized carbons (Fsp3) is 0.267. The molecule has 4 aromatic rings. The monoisotopic (exact) mass is 547 g/mol. The first-order chi connectivity index (χ1) is 19.0. The SMILES string of the molecule is CCCCOc1ccc(C2c3c(oc4ccc(Cl)cc4c3=O)C(=O)N2Cc2ccc3c(c2)OCO3)cc1OC. The van der Waals surface area contributed by atoms with Crippen LogP contribution in [-0.2, 0) is 6.54 Å². The van der Waals surface area contributed by atoms with Gasteiger partial charge in [-0.05, 0) is 60.0 Å². The number of amides is 1. The minimum Gasteiger partial charge on any atom is -0.493 e. The Balaban J connectivity index is 1.48. The van der Waals surface area contributed by atoms with Gasteiger partial charge in [-0.15, -0.1) is 0 Å². The van der Waals surface area contributed by atoms with E-state index in [-0.39, 0.29) is 36.0 Å². The van der Waals surface area contributed by atoms with Crippen LogP contribution in [0.4, 0.5) is 0 Å². The van der Waals surface area contributed by atoms with E-state index < -0.39 is 6.04 Å². The third-order valence-corrected chi connectivity index (χ3v) is 7.21. The summed E-state index contributed by atoms with van der Waals surface area (Å²) in [5, 5.41) is 0.721. The van der Waals surface area contributed by atoms with Gasteiger partial charge in [0.1, 0.15) is 5.58 Å². The minimum atomic E-state index is -0.726. The lowest BCUT2D eigenvalue weighted by molar-refractivity contribution is 0.0714. The standard InChI is InChI=1S/C30H26ClNO7/c1-3-4-11-36-22-9-6-18(13-24(22)35-2)27-26-28(33)20-14-19(31)7-10-21(20)39-29(26)30(34)32(27)15-17-5-8-23-25(12-17)38-16-37-23/h5-10,12-14,27H,3-4,11,15-16H2,1-2H3. The van der Waals surface area contributed by atoms with E-state index in [0.717, 1.165) is 18.4 Å². The first kappa shape index (κ1) is 25.1. The fourth-order valence-corrected chi connectivity index (χ4v) is 5.21. The molecule has 1 aromatic heterocycles. The molecular formula is C30H26ClNO7. The van der Waals surface area contributed by atoms with E-state index in [1.165, 1.54) is 0 Å². The van der Waals surface area contributed by atoms with Crippen molar-refractivity contribution in [1.82, 2.24) is 4.90 Å². The van der Waals surface area contributed by atoms with Crippen LogP contribution in [0.3, 0.4) is 0 Å². The van der Waals surface area contributed by atoms with Crippen LogP contribution in [0.15, 0.2) is 63.8 Å². The van der Waals surface area contributed by atoms with Crippen molar-refractivity contribution in [2.75, 3.05) is 20.5 Å². The van der Waals surface area contributed by atoms with Gasteiger partial charge in [0, 0.05) is 11.6 Å². The van der Waals surface area contributed by atoms with E-state index >= 15 is 0 Å². The Morgan fingerprint density at radius 3 is 2.67 bits per heavy atom. The van der Waals surface area contributed by atoms with Crippen molar-refractivity contribution in [1.29, 1.82) is 0 Å². The largest absolute Gasteiger partial charge is 0.493 e. The number of hydrogen-bond donors (Lipinski definition) is 0. The van der Waals surface area contributed by atoms with Gasteiger partial charge in [0.2, 0.25) is 12.6 Å². The maximum atomic E-state index is 13.9. The topological polar surface area (TPSA) is 87.4 Å². The molecule has 3 heterocycles. The zero-order valence-corrected chi connectivity index (χ0v) is 22.2. The molecule has 0 N–H and O–H groups in total. The number of carbonyl (C=O) groups excluding carboxylic acids is 1. The zero-order valence-electron chi connectivity index (χ0n) is 21.5. The lowest BCUT2D eigenvalue weighted by atomic mass is 9.97. The van der Waals surface area contributed by atoms with Gasteiger partial charge in [-0.3, -0.25) is 9.59 Å². The molecule has 39 heavy (non-hydrogen) atoms. The second-order valence-electron chi connectivity index (χ2n) is 9.45. The van der Waals surface area contributed by atoms with Crippen LogP contribution < -0.4 is 24.4 Å². The van der Waals surface area contributed by atoms with Crippen LogP contribution in [0.2, 0.25) is 5.02 Å². The van der Waals surface area contributed by atoms with E-state index in [1.807, 2.05) is 36.4 Å². The molecule has 2 aliphatic heterocycles. The molecule has 1 amide bonds. The highest BCUT2D eigenvalue weighted by Crippen LogP contribution is 2.42. The Kier molecular flexibility index (Phi) is 6.56. The van der Waals surface area contributed by atoms with Gasteiger partial charge >= 0.3 is 0 Å². The molecular weight excluding hydrogens is 522 g/mol. The highest BCUT2D eigenvalue weighted by molar-refractivity contribution is 6.31. The fourth-order valence-electron chi connectivity index (χ4n) is 5.04. The molecule has 3 aromatic carbocycles. The molecule has 0 saturated heterocycles. The molecule has 0 radical (unpaired) electrons. The van der Waals surface area contributed by atoms with Gasteiger partial charge in [0.15, 0.2) is 28.4 Å². The average molecular weight is 548 g/mol. The maximum absolute atomic E-state index is 13.9. The van der Waals surface area contributed by atoms with E-state index in [9.17, 15) is 9.59 Å². The second-order valence-corrected chi connectivity index (χ2v) is 9.89. The Bertz CT molecular complexity index is 1650. The number of nitrogens with zero attached hydrogens (tertiary/aromatic N) is 1. The first-order valence-corrected chi connectivity index (χ1v) is 13.1. The first-order valence-electron chi connectivity index (χ1n) is 12.7. The molecule has 200 valence electrons. The van der Waals surface area contributed by atoms with Crippen molar-refractivity contribution in [2.24, 2.45) is 0 Å². The molecule has 1 unspecified atom stereocenters. The average Bonchev–Trinajstić information content (AvgIpc) is 3.52. The number of unbranched alkanes of at least 4 members (excludes halogenated alkanes) is 1. The third-order valence-electron chi connectivity index (χ3n) is 6.98. The van der Waals surface area contributed by atoms with Gasteiger partial charge in [-0.25, -0.2) is 0 Å². The number of halogens is 1. The summed E-state index contributed by atoms with van der Waals surface area (Å²) in [5.74, 6) is 2.00. The Labute approximate surface area is 229 Å². The molecule has 0 bridgehead atoms. The molecule has 0 spiro atoms. The molecule has 2 aliphatic rings. The van der Waals surface area contributed by atoms with Crippen molar-refractivity contribution >= 4 is 28.5 Å². The molecule has 0 aliphatic carbocycles. The highest BCUT2D eigenvalue weighted by atomic mass is 35.5. The van der Waals surface area contributed by atoms with Gasteiger partial charge in [0.25, 0.3) is 5.91 Å². The van der Waals surface area contributed by atoms with Crippen molar-refractivity contribution in [2.45, 2.75) is 32.4 Å². The molecule has 6 rings (SSSR count). The van der Waals surface area contributed by atoms with Crippen molar-refractivity contribution in [3.8, 4) is 23.0 Å². The number of hydrogen-bond acceptors (Lipinski definition) is 7. The summed E-state index contributed by atoms with van der Waals surface area (Å²) in [6.45, 7) is 3.01. The van der Waals surface area contributed by atoms with E-state index in [1.54, 1.807) is 30.2 Å². The number of rotatable bonds is 8. The third kappa shape index (κ3) is 4.44. The molecule has 0 saturated carbocycles. The summed E-state index contributed by atoms with van der Waals surface area (Å²) in [6, 6.07) is 15.1. The Hall–Kier alpha value is -4.17. The number of methoxy groups -OCH3 is 1. The van der Waals surface area contributed by atoms with Gasteiger partial charge < -0.3 is 28.3 Å². The van der Waals surface area contributed by atoms with E-state index in [4.69, 9.17) is 35.0 Å². The van der Waals surface area contributed by atoms with Crippen LogP contribution in [0.25, 0.3) is 11.0 Å². The quantitative estimate of drug-likeness (QED) is 0.246. The minimum absolute atomic E-state index is 0.0165. The predicted octanol–water partition coefficient (Wildman–Crippen LogP) is 6.11. The van der Waals surface area contributed by atoms with Crippen molar-refractivity contribution in [3.05, 3.63) is 92.3 Å². The lowest BCUT2D eigenvalue weighted by Gasteiger charge is -2.26. The summed E-state index contributed by atoms with van der Waals surface area (Å²) >= 11 is 6.20. The molecule has 1 atom stereocenters. The normalized spacial score (nSPS) is 15.6. The van der Waals surface area contributed by atoms with Crippen LogP contribution in [-0.4, -0.2) is 31.3 Å². The number of fused-ring (bicyclic) bond motifs is 3. The Morgan fingerprint density at radius 1 is 1.00 bits per heavy atom. The summed E-state index contributed by atoms with van der Waals surface area (Å²) in [4.78, 5) is 29.3. The summed E-state index contributed by atoms with van der Waals surface area (Å²) in [7, 11) is 1.56. The molecule has 0 fully saturated rings. The van der Waals surface area contributed by atoms with Crippen molar-refractivity contribution < 1.29 is 28.2 Å². The van der Waals surface area contributed by atoms with E-state index in [0.29, 0.717) is 51.2 Å². The summed E-state index contributed by atoms with van der Waals surface area (Å²) < 4.78 is 28.5. The number of ether oxygens (including phenoxy) is 4. The van der Waals surface area contributed by atoms with Crippen LogP contribution in [0.1, 0.15) is 53.1 Å². The van der Waals surface area contributed by atoms with Crippen LogP contribution in [0, 0.1) is 0 Å². The van der Waals surface area contributed by atoms with Crippen molar-refractivity contribution in [3.63, 3.8) is 0 Å². The van der Waals surface area contributed by atoms with Crippen LogP contribution >= 0.6 is 11.6 Å². The zero-order chi connectivity index (χ0) is 27.1. The summed E-state index contributed by atoms with van der Waals surface area (Å²) in [6.07, 6.45) is 1.92. The second kappa shape index (κ2) is 10.2. The predicted molar refractivity (Wildman–Crippen MR) is 145 cm³/mol. The van der Waals surface area contributed by atoms with E-state index in [2.05, 4.69) is 6.92 Å². The number of carbonyl (C=O) groups is 1. The van der Waals surface area contributed by atoms with Gasteiger partial charge in [0.05, 0.1) is 30.7 Å². The van der Waals surface area contributed by atoms with Crippen LogP contribution in [0.5, 0.6) is 23.0 Å². The lowest BCUT2D eigenvalue weighted by Crippen LogP contribution is -2.29.